The Labute approximate surface area is 101 Å². The van der Waals surface area contributed by atoms with Crippen LogP contribution in [0.5, 0.6) is 0 Å². The van der Waals surface area contributed by atoms with Crippen LogP contribution in [-0.2, 0) is 10.0 Å². The van der Waals surface area contributed by atoms with Gasteiger partial charge in [0.25, 0.3) is 0 Å². The molecule has 1 aromatic rings. The lowest BCUT2D eigenvalue weighted by Gasteiger charge is -2.20. The molecule has 1 aromatic carbocycles. The van der Waals surface area contributed by atoms with E-state index in [9.17, 15) is 12.8 Å². The third-order valence-corrected chi connectivity index (χ3v) is 3.72. The minimum absolute atomic E-state index is 0.0797. The van der Waals surface area contributed by atoms with Crippen LogP contribution in [0.15, 0.2) is 23.1 Å². The van der Waals surface area contributed by atoms with Crippen molar-refractivity contribution in [1.82, 2.24) is 4.72 Å². The van der Waals surface area contributed by atoms with Gasteiger partial charge in [-0.05, 0) is 39.0 Å². The number of sulfonamides is 1. The summed E-state index contributed by atoms with van der Waals surface area (Å²) in [4.78, 5) is -0.0797. The lowest BCUT2D eigenvalue weighted by molar-refractivity contribution is 0.491. The molecule has 2 N–H and O–H groups in total. The molecule has 0 unspecified atom stereocenters. The Kier molecular flexibility index (Phi) is 3.78. The predicted molar refractivity (Wildman–Crippen MR) is 66.0 cm³/mol. The molecule has 0 amide bonds. The fraction of sp³-hybridized carbons (Fsp3) is 0.455. The molecule has 0 saturated heterocycles. The molecule has 0 aliphatic carbocycles. The van der Waals surface area contributed by atoms with Crippen molar-refractivity contribution in [2.24, 2.45) is 0 Å². The quantitative estimate of drug-likeness (QED) is 0.873. The number of benzene rings is 1. The van der Waals surface area contributed by atoms with Gasteiger partial charge >= 0.3 is 0 Å². The van der Waals surface area contributed by atoms with Crippen molar-refractivity contribution in [2.75, 3.05) is 12.4 Å². The van der Waals surface area contributed by atoms with Crippen LogP contribution in [0.3, 0.4) is 0 Å². The summed E-state index contributed by atoms with van der Waals surface area (Å²) in [5.74, 6) is -0.593. The number of halogens is 1. The van der Waals surface area contributed by atoms with E-state index in [2.05, 4.69) is 10.0 Å². The van der Waals surface area contributed by atoms with Crippen molar-refractivity contribution in [2.45, 2.75) is 31.2 Å². The summed E-state index contributed by atoms with van der Waals surface area (Å²) < 4.78 is 39.7. The molecule has 17 heavy (non-hydrogen) atoms. The largest absolute Gasteiger partial charge is 0.386 e. The van der Waals surface area contributed by atoms with E-state index in [-0.39, 0.29) is 10.6 Å². The van der Waals surface area contributed by atoms with Crippen LogP contribution in [-0.4, -0.2) is 21.0 Å². The van der Waals surface area contributed by atoms with Gasteiger partial charge in [0.05, 0.1) is 10.6 Å². The molecular formula is C11H17FN2O2S. The summed E-state index contributed by atoms with van der Waals surface area (Å²) in [5, 5.41) is 2.63. The zero-order valence-electron chi connectivity index (χ0n) is 10.3. The molecule has 4 nitrogen and oxygen atoms in total. The van der Waals surface area contributed by atoms with Gasteiger partial charge in [0, 0.05) is 12.6 Å². The Morgan fingerprint density at radius 1 is 1.24 bits per heavy atom. The predicted octanol–water partition coefficient (Wildman–Crippen LogP) is 1.94. The molecule has 0 fully saturated rings. The average Bonchev–Trinajstić information content (AvgIpc) is 2.13. The van der Waals surface area contributed by atoms with E-state index in [0.29, 0.717) is 0 Å². The van der Waals surface area contributed by atoms with Gasteiger partial charge in [-0.1, -0.05) is 0 Å². The lowest BCUT2D eigenvalue weighted by Crippen LogP contribution is -2.40. The van der Waals surface area contributed by atoms with Crippen molar-refractivity contribution in [1.29, 1.82) is 0 Å². The van der Waals surface area contributed by atoms with Gasteiger partial charge in [-0.3, -0.25) is 0 Å². The first-order valence-corrected chi connectivity index (χ1v) is 6.65. The fourth-order valence-corrected chi connectivity index (χ4v) is 2.76. The first-order valence-electron chi connectivity index (χ1n) is 5.17. The van der Waals surface area contributed by atoms with Crippen LogP contribution in [0, 0.1) is 5.82 Å². The van der Waals surface area contributed by atoms with Gasteiger partial charge < -0.3 is 5.32 Å². The number of nitrogens with one attached hydrogen (secondary N) is 2. The second kappa shape index (κ2) is 4.62. The standard InChI is InChI=1S/C11H17FN2O2S/c1-11(2,3)14-17(15,16)8-5-6-10(13-4)9(12)7-8/h5-7,13-14H,1-4H3. The Hall–Kier alpha value is -1.14. The smallest absolute Gasteiger partial charge is 0.241 e. The van der Waals surface area contributed by atoms with Gasteiger partial charge in [-0.2, -0.15) is 0 Å². The maximum absolute atomic E-state index is 13.5. The molecule has 6 heteroatoms. The molecule has 0 spiro atoms. The van der Waals surface area contributed by atoms with Crippen LogP contribution >= 0.6 is 0 Å². The van der Waals surface area contributed by atoms with E-state index in [0.717, 1.165) is 6.07 Å². The van der Waals surface area contributed by atoms with Gasteiger partial charge in [-0.25, -0.2) is 17.5 Å². The normalized spacial score (nSPS) is 12.5. The molecule has 0 aliphatic rings. The number of hydrogen-bond donors (Lipinski definition) is 2. The van der Waals surface area contributed by atoms with Gasteiger partial charge in [-0.15, -0.1) is 0 Å². The maximum Gasteiger partial charge on any atom is 0.241 e. The second-order valence-electron chi connectivity index (χ2n) is 4.75. The van der Waals surface area contributed by atoms with E-state index < -0.39 is 21.4 Å². The van der Waals surface area contributed by atoms with Crippen molar-refractivity contribution < 1.29 is 12.8 Å². The van der Waals surface area contributed by atoms with E-state index in [4.69, 9.17) is 0 Å². The van der Waals surface area contributed by atoms with Crippen LogP contribution < -0.4 is 10.0 Å². The highest BCUT2D eigenvalue weighted by molar-refractivity contribution is 7.89. The Balaban J connectivity index is 3.13. The average molecular weight is 260 g/mol. The second-order valence-corrected chi connectivity index (χ2v) is 6.43. The number of rotatable bonds is 3. The van der Waals surface area contributed by atoms with Crippen molar-refractivity contribution >= 4 is 15.7 Å². The molecule has 0 bridgehead atoms. The SMILES string of the molecule is CNc1ccc(S(=O)(=O)NC(C)(C)C)cc1F. The third kappa shape index (κ3) is 3.67. The Bertz CT molecular complexity index is 507. The molecule has 0 aromatic heterocycles. The van der Waals surface area contributed by atoms with Crippen molar-refractivity contribution in [3.63, 3.8) is 0 Å². The molecule has 96 valence electrons. The fourth-order valence-electron chi connectivity index (χ4n) is 1.33. The number of hydrogen-bond acceptors (Lipinski definition) is 3. The van der Waals surface area contributed by atoms with E-state index >= 15 is 0 Å². The summed E-state index contributed by atoms with van der Waals surface area (Å²) in [7, 11) is -2.11. The molecule has 1 rings (SSSR count). The zero-order chi connectivity index (χ0) is 13.3. The summed E-state index contributed by atoms with van der Waals surface area (Å²) in [6.07, 6.45) is 0. The zero-order valence-corrected chi connectivity index (χ0v) is 11.2. The summed E-state index contributed by atoms with van der Waals surface area (Å²) in [5.41, 5.74) is -0.337. The molecule has 0 aliphatic heterocycles. The Morgan fingerprint density at radius 2 is 1.82 bits per heavy atom. The summed E-state index contributed by atoms with van der Waals surface area (Å²) in [6, 6.07) is 3.76. The van der Waals surface area contributed by atoms with Gasteiger partial charge in [0.1, 0.15) is 5.82 Å². The van der Waals surface area contributed by atoms with Crippen molar-refractivity contribution in [3.05, 3.63) is 24.0 Å². The first kappa shape index (κ1) is 13.9. The highest BCUT2D eigenvalue weighted by Crippen LogP contribution is 2.19. The third-order valence-electron chi connectivity index (χ3n) is 1.96. The molecule has 0 saturated carbocycles. The minimum atomic E-state index is -3.68. The highest BCUT2D eigenvalue weighted by Gasteiger charge is 2.22. The monoisotopic (exact) mass is 260 g/mol. The molecule has 0 heterocycles. The van der Waals surface area contributed by atoms with Gasteiger partial charge in [0.2, 0.25) is 10.0 Å². The maximum atomic E-state index is 13.5. The van der Waals surface area contributed by atoms with Crippen LogP contribution in [0.25, 0.3) is 0 Å². The van der Waals surface area contributed by atoms with E-state index in [1.54, 1.807) is 27.8 Å². The molecular weight excluding hydrogens is 243 g/mol. The number of anilines is 1. The van der Waals surface area contributed by atoms with E-state index in [1.165, 1.54) is 12.1 Å². The van der Waals surface area contributed by atoms with Crippen LogP contribution in [0.2, 0.25) is 0 Å². The van der Waals surface area contributed by atoms with Crippen LogP contribution in [0.4, 0.5) is 10.1 Å². The lowest BCUT2D eigenvalue weighted by atomic mass is 10.1. The summed E-state index contributed by atoms with van der Waals surface area (Å²) >= 11 is 0. The first-order chi connectivity index (χ1) is 7.65. The minimum Gasteiger partial charge on any atom is -0.386 e. The van der Waals surface area contributed by atoms with Crippen molar-refractivity contribution in [3.8, 4) is 0 Å². The topological polar surface area (TPSA) is 58.2 Å². The summed E-state index contributed by atoms with van der Waals surface area (Å²) in [6.45, 7) is 5.18. The highest BCUT2D eigenvalue weighted by atomic mass is 32.2. The molecule has 0 radical (unpaired) electrons. The van der Waals surface area contributed by atoms with Gasteiger partial charge in [0.15, 0.2) is 0 Å². The molecule has 0 atom stereocenters. The van der Waals surface area contributed by atoms with E-state index in [1.807, 2.05) is 0 Å². The Morgan fingerprint density at radius 3 is 2.24 bits per heavy atom. The van der Waals surface area contributed by atoms with Crippen LogP contribution in [0.1, 0.15) is 20.8 Å².